The van der Waals surface area contributed by atoms with Gasteiger partial charge in [0.2, 0.25) is 0 Å². The predicted octanol–water partition coefficient (Wildman–Crippen LogP) is 3.59. The van der Waals surface area contributed by atoms with Crippen LogP contribution in [0.2, 0.25) is 0 Å². The summed E-state index contributed by atoms with van der Waals surface area (Å²) in [6.45, 7) is 1.93. The second-order valence-corrected chi connectivity index (χ2v) is 7.65. The summed E-state index contributed by atoms with van der Waals surface area (Å²) in [6.07, 6.45) is 0. The van der Waals surface area contributed by atoms with Crippen molar-refractivity contribution in [2.75, 3.05) is 0 Å². The summed E-state index contributed by atoms with van der Waals surface area (Å²) in [4.78, 5) is 0. The van der Waals surface area contributed by atoms with E-state index in [2.05, 4.69) is 15.9 Å². The van der Waals surface area contributed by atoms with Crippen molar-refractivity contribution in [1.29, 1.82) is 0 Å². The molecule has 0 unspecified atom stereocenters. The van der Waals surface area contributed by atoms with Gasteiger partial charge in [0, 0.05) is 0 Å². The van der Waals surface area contributed by atoms with Crippen molar-refractivity contribution in [3.8, 4) is 5.75 Å². The highest BCUT2D eigenvalue weighted by atomic mass is 79.9. The van der Waals surface area contributed by atoms with Crippen LogP contribution < -0.4 is 4.18 Å². The molecule has 0 aliphatic heterocycles. The van der Waals surface area contributed by atoms with Crippen LogP contribution in [0.15, 0.2) is 44.4 Å². The van der Waals surface area contributed by atoms with E-state index in [-0.39, 0.29) is 4.21 Å². The molecule has 17 heavy (non-hydrogen) atoms. The van der Waals surface area contributed by atoms with Gasteiger partial charge in [0.25, 0.3) is 0 Å². The minimum absolute atomic E-state index is 0.185. The Kier molecular flexibility index (Phi) is 3.56. The lowest BCUT2D eigenvalue weighted by molar-refractivity contribution is 0.488. The van der Waals surface area contributed by atoms with Gasteiger partial charge in [-0.15, -0.1) is 11.3 Å². The maximum atomic E-state index is 11.9. The molecule has 0 aliphatic carbocycles. The van der Waals surface area contributed by atoms with Crippen molar-refractivity contribution in [3.05, 3.63) is 45.7 Å². The molecule has 1 heterocycles. The van der Waals surface area contributed by atoms with E-state index in [1.165, 1.54) is 6.07 Å². The lowest BCUT2D eigenvalue weighted by Crippen LogP contribution is -2.07. The minimum atomic E-state index is -3.72. The van der Waals surface area contributed by atoms with Crippen molar-refractivity contribution in [2.24, 2.45) is 0 Å². The van der Waals surface area contributed by atoms with E-state index in [1.807, 2.05) is 6.92 Å². The fraction of sp³-hybridized carbons (Fsp3) is 0.0909. The number of hydrogen-bond donors (Lipinski definition) is 0. The Morgan fingerprint density at radius 1 is 1.12 bits per heavy atom. The van der Waals surface area contributed by atoms with Crippen molar-refractivity contribution >= 4 is 37.4 Å². The van der Waals surface area contributed by atoms with Gasteiger partial charge in [-0.1, -0.05) is 17.7 Å². The first-order valence-corrected chi connectivity index (χ1v) is 7.76. The van der Waals surface area contributed by atoms with Crippen LogP contribution in [0.1, 0.15) is 5.56 Å². The van der Waals surface area contributed by atoms with Crippen LogP contribution in [-0.4, -0.2) is 8.42 Å². The second kappa shape index (κ2) is 4.80. The molecule has 1 aromatic carbocycles. The molecule has 0 aliphatic rings. The molecule has 0 bridgehead atoms. The van der Waals surface area contributed by atoms with Gasteiger partial charge in [0.05, 0.1) is 3.79 Å². The number of rotatable bonds is 3. The summed E-state index contributed by atoms with van der Waals surface area (Å²) in [6, 6.07) is 10.1. The van der Waals surface area contributed by atoms with Crippen molar-refractivity contribution in [3.63, 3.8) is 0 Å². The Morgan fingerprint density at radius 3 is 2.29 bits per heavy atom. The molecular formula is C11H9BrO3S2. The number of halogens is 1. The third kappa shape index (κ3) is 3.08. The Balaban J connectivity index is 2.26. The number of benzene rings is 1. The molecule has 6 heteroatoms. The van der Waals surface area contributed by atoms with Gasteiger partial charge in [-0.3, -0.25) is 0 Å². The van der Waals surface area contributed by atoms with Crippen LogP contribution in [0.3, 0.4) is 0 Å². The molecule has 2 aromatic rings. The number of thiophene rings is 1. The second-order valence-electron chi connectivity index (χ2n) is 3.41. The average Bonchev–Trinajstić information content (AvgIpc) is 2.69. The summed E-state index contributed by atoms with van der Waals surface area (Å²) in [5, 5.41) is 0. The normalized spacial score (nSPS) is 11.4. The summed E-state index contributed by atoms with van der Waals surface area (Å²) >= 11 is 4.34. The first kappa shape index (κ1) is 12.6. The van der Waals surface area contributed by atoms with Gasteiger partial charge in [-0.25, -0.2) is 0 Å². The monoisotopic (exact) mass is 332 g/mol. The molecule has 0 amide bonds. The Hall–Kier alpha value is -0.850. The standard InChI is InChI=1S/C11H9BrO3S2/c1-8-2-4-9(5-3-8)15-17(13,14)11-7-6-10(12)16-11/h2-7H,1H3. The van der Waals surface area contributed by atoms with Crippen LogP contribution in [0.4, 0.5) is 0 Å². The highest BCUT2D eigenvalue weighted by molar-refractivity contribution is 9.11. The Bertz CT molecular complexity index is 614. The van der Waals surface area contributed by atoms with E-state index < -0.39 is 10.1 Å². The topological polar surface area (TPSA) is 43.4 Å². The molecule has 2 rings (SSSR count). The first-order valence-electron chi connectivity index (χ1n) is 4.74. The van der Waals surface area contributed by atoms with Gasteiger partial charge in [-0.2, -0.15) is 8.42 Å². The zero-order chi connectivity index (χ0) is 12.5. The molecule has 0 atom stereocenters. The zero-order valence-electron chi connectivity index (χ0n) is 8.88. The molecular weight excluding hydrogens is 324 g/mol. The third-order valence-corrected chi connectivity index (χ3v) is 5.34. The molecule has 1 aromatic heterocycles. The minimum Gasteiger partial charge on any atom is -0.378 e. The molecule has 0 radical (unpaired) electrons. The molecule has 3 nitrogen and oxygen atoms in total. The van der Waals surface area contributed by atoms with E-state index in [0.717, 1.165) is 20.7 Å². The van der Waals surface area contributed by atoms with Crippen LogP contribution in [-0.2, 0) is 10.1 Å². The summed E-state index contributed by atoms with van der Waals surface area (Å²) < 4.78 is 29.7. The third-order valence-electron chi connectivity index (χ3n) is 2.02. The van der Waals surface area contributed by atoms with Crippen LogP contribution in [0.25, 0.3) is 0 Å². The van der Waals surface area contributed by atoms with E-state index >= 15 is 0 Å². The average molecular weight is 333 g/mol. The SMILES string of the molecule is Cc1ccc(OS(=O)(=O)c2ccc(Br)s2)cc1. The maximum absolute atomic E-state index is 11.9. The summed E-state index contributed by atoms with van der Waals surface area (Å²) in [5.41, 5.74) is 1.05. The van der Waals surface area contributed by atoms with Gasteiger partial charge in [-0.05, 0) is 47.1 Å². The lowest BCUT2D eigenvalue weighted by atomic mass is 10.2. The fourth-order valence-electron chi connectivity index (χ4n) is 1.19. The highest BCUT2D eigenvalue weighted by Gasteiger charge is 2.18. The van der Waals surface area contributed by atoms with Crippen LogP contribution in [0, 0.1) is 6.92 Å². The Morgan fingerprint density at radius 2 is 1.76 bits per heavy atom. The quantitative estimate of drug-likeness (QED) is 0.807. The molecule has 90 valence electrons. The van der Waals surface area contributed by atoms with E-state index in [4.69, 9.17) is 4.18 Å². The fourth-order valence-corrected chi connectivity index (χ4v) is 4.10. The summed E-state index contributed by atoms with van der Waals surface area (Å²) in [7, 11) is -3.72. The zero-order valence-corrected chi connectivity index (χ0v) is 12.1. The number of aryl methyl sites for hydroxylation is 1. The largest absolute Gasteiger partial charge is 0.378 e. The van der Waals surface area contributed by atoms with Crippen LogP contribution in [0.5, 0.6) is 5.75 Å². The molecule has 0 spiro atoms. The van der Waals surface area contributed by atoms with Crippen molar-refractivity contribution in [1.82, 2.24) is 0 Å². The molecule has 0 saturated heterocycles. The van der Waals surface area contributed by atoms with E-state index in [0.29, 0.717) is 5.75 Å². The molecule has 0 fully saturated rings. The first-order chi connectivity index (χ1) is 7.97. The Labute approximate surface area is 112 Å². The maximum Gasteiger partial charge on any atom is 0.348 e. The van der Waals surface area contributed by atoms with E-state index in [9.17, 15) is 8.42 Å². The van der Waals surface area contributed by atoms with Crippen molar-refractivity contribution in [2.45, 2.75) is 11.1 Å². The highest BCUT2D eigenvalue weighted by Crippen LogP contribution is 2.28. The van der Waals surface area contributed by atoms with Gasteiger partial charge in [0.15, 0.2) is 4.21 Å². The summed E-state index contributed by atoms with van der Waals surface area (Å²) in [5.74, 6) is 0.320. The van der Waals surface area contributed by atoms with Gasteiger partial charge >= 0.3 is 10.1 Å². The van der Waals surface area contributed by atoms with E-state index in [1.54, 1.807) is 30.3 Å². The van der Waals surface area contributed by atoms with Crippen LogP contribution >= 0.6 is 27.3 Å². The smallest absolute Gasteiger partial charge is 0.348 e. The lowest BCUT2D eigenvalue weighted by Gasteiger charge is -2.04. The van der Waals surface area contributed by atoms with Gasteiger partial charge in [0.1, 0.15) is 5.75 Å². The molecule has 0 saturated carbocycles. The predicted molar refractivity (Wildman–Crippen MR) is 71.0 cm³/mol. The molecule has 0 N–H and O–H groups in total. The van der Waals surface area contributed by atoms with Crippen molar-refractivity contribution < 1.29 is 12.6 Å². The number of hydrogen-bond acceptors (Lipinski definition) is 4. The van der Waals surface area contributed by atoms with Gasteiger partial charge < -0.3 is 4.18 Å².